The molecule has 0 aromatic heterocycles. The number of benzene rings is 2. The van der Waals surface area contributed by atoms with Crippen molar-refractivity contribution < 1.29 is 14.3 Å². The molecular weight excluding hydrogens is 366 g/mol. The molecule has 2 rings (SSSR count). The molecule has 0 unspecified atom stereocenters. The van der Waals surface area contributed by atoms with Crippen molar-refractivity contribution in [3.63, 3.8) is 0 Å². The zero-order valence-electron chi connectivity index (χ0n) is 15.9. The van der Waals surface area contributed by atoms with Crippen molar-refractivity contribution in [2.24, 2.45) is 0 Å². The molecule has 0 fully saturated rings. The van der Waals surface area contributed by atoms with Crippen molar-refractivity contribution >= 4 is 34.8 Å². The van der Waals surface area contributed by atoms with E-state index in [9.17, 15) is 9.59 Å². The summed E-state index contributed by atoms with van der Waals surface area (Å²) < 4.78 is 5.21. The van der Waals surface area contributed by atoms with Crippen LogP contribution in [0.15, 0.2) is 36.4 Å². The second-order valence-electron chi connectivity index (χ2n) is 6.47. The molecule has 0 spiro atoms. The third-order valence-electron chi connectivity index (χ3n) is 4.16. The van der Waals surface area contributed by atoms with E-state index in [1.165, 1.54) is 19.2 Å². The van der Waals surface area contributed by atoms with Crippen LogP contribution in [-0.4, -0.2) is 29.9 Å². The predicted octanol–water partition coefficient (Wildman–Crippen LogP) is 3.94. The van der Waals surface area contributed by atoms with E-state index < -0.39 is 0 Å². The summed E-state index contributed by atoms with van der Waals surface area (Å²) in [6.07, 6.45) is 0. The Morgan fingerprint density at radius 1 is 1.22 bits per heavy atom. The van der Waals surface area contributed by atoms with Gasteiger partial charge in [0.25, 0.3) is 5.91 Å². The van der Waals surface area contributed by atoms with Crippen LogP contribution in [0.5, 0.6) is 5.75 Å². The largest absolute Gasteiger partial charge is 0.496 e. The summed E-state index contributed by atoms with van der Waals surface area (Å²) >= 11 is 6.02. The Morgan fingerprint density at radius 3 is 2.37 bits per heavy atom. The van der Waals surface area contributed by atoms with E-state index in [4.69, 9.17) is 22.1 Å². The number of nitrogens with zero attached hydrogens (tertiary/aromatic N) is 1. The first kappa shape index (κ1) is 20.6. The van der Waals surface area contributed by atoms with Gasteiger partial charge in [-0.1, -0.05) is 23.7 Å². The lowest BCUT2D eigenvalue weighted by Gasteiger charge is -2.25. The Hall–Kier alpha value is -2.73. The van der Waals surface area contributed by atoms with Crippen LogP contribution >= 0.6 is 11.6 Å². The minimum absolute atomic E-state index is 0.0229. The molecule has 0 aliphatic rings. The van der Waals surface area contributed by atoms with E-state index in [2.05, 4.69) is 5.32 Å². The van der Waals surface area contributed by atoms with Crippen LogP contribution in [0, 0.1) is 0 Å². The fourth-order valence-corrected chi connectivity index (χ4v) is 2.83. The van der Waals surface area contributed by atoms with Gasteiger partial charge < -0.3 is 20.7 Å². The van der Waals surface area contributed by atoms with Gasteiger partial charge in [0.2, 0.25) is 5.91 Å². The predicted molar refractivity (Wildman–Crippen MR) is 108 cm³/mol. The molecule has 0 saturated carbocycles. The van der Waals surface area contributed by atoms with Gasteiger partial charge in [-0.2, -0.15) is 0 Å². The summed E-state index contributed by atoms with van der Waals surface area (Å²) in [5, 5.41) is 3.09. The third-order valence-corrected chi connectivity index (χ3v) is 4.48. The monoisotopic (exact) mass is 389 g/mol. The number of halogens is 1. The van der Waals surface area contributed by atoms with E-state index in [1.807, 2.05) is 26.0 Å². The van der Waals surface area contributed by atoms with Crippen molar-refractivity contribution in [2.75, 3.05) is 18.2 Å². The first-order chi connectivity index (χ1) is 12.7. The molecule has 7 heteroatoms. The number of hydrogen-bond acceptors (Lipinski definition) is 4. The van der Waals surface area contributed by atoms with Crippen molar-refractivity contribution in [3.05, 3.63) is 52.5 Å². The van der Waals surface area contributed by atoms with Crippen LogP contribution in [0.25, 0.3) is 0 Å². The first-order valence-electron chi connectivity index (χ1n) is 8.53. The molecule has 27 heavy (non-hydrogen) atoms. The smallest absolute Gasteiger partial charge is 0.259 e. The fourth-order valence-electron chi connectivity index (χ4n) is 2.66. The molecule has 2 aromatic carbocycles. The number of ether oxygens (including phenoxy) is 1. The highest BCUT2D eigenvalue weighted by Gasteiger charge is 2.16. The van der Waals surface area contributed by atoms with Gasteiger partial charge in [-0.05, 0) is 37.6 Å². The molecule has 0 aliphatic heterocycles. The second kappa shape index (κ2) is 8.77. The SMILES string of the molecule is COc1cc(N)c(Cl)cc1C(=O)Nc1ccc(CN(C(C)=O)C(C)C)cc1. The quantitative estimate of drug-likeness (QED) is 0.733. The molecule has 2 aromatic rings. The van der Waals surface area contributed by atoms with Gasteiger partial charge in [0.1, 0.15) is 5.75 Å². The molecular formula is C20H24ClN3O3. The number of carbonyl (C=O) groups is 2. The van der Waals surface area contributed by atoms with Crippen molar-refractivity contribution in [1.82, 2.24) is 4.90 Å². The average Bonchev–Trinajstić information content (AvgIpc) is 2.62. The number of rotatable bonds is 6. The minimum Gasteiger partial charge on any atom is -0.496 e. The van der Waals surface area contributed by atoms with Crippen molar-refractivity contribution in [3.8, 4) is 5.75 Å². The molecule has 2 amide bonds. The normalized spacial score (nSPS) is 10.6. The summed E-state index contributed by atoms with van der Waals surface area (Å²) in [5.74, 6) is 0.0174. The van der Waals surface area contributed by atoms with Crippen LogP contribution in [-0.2, 0) is 11.3 Å². The van der Waals surface area contributed by atoms with Gasteiger partial charge in [-0.25, -0.2) is 0 Å². The Balaban J connectivity index is 2.14. The molecule has 0 aliphatic carbocycles. The number of nitrogens with two attached hydrogens (primary N) is 1. The molecule has 0 radical (unpaired) electrons. The summed E-state index contributed by atoms with van der Waals surface area (Å²) in [6.45, 7) is 6.02. The average molecular weight is 390 g/mol. The molecule has 144 valence electrons. The zero-order valence-corrected chi connectivity index (χ0v) is 16.6. The lowest BCUT2D eigenvalue weighted by atomic mass is 10.1. The lowest BCUT2D eigenvalue weighted by Crippen LogP contribution is -2.34. The van der Waals surface area contributed by atoms with E-state index in [-0.39, 0.29) is 22.9 Å². The summed E-state index contributed by atoms with van der Waals surface area (Å²) in [7, 11) is 1.46. The molecule has 0 atom stereocenters. The van der Waals surface area contributed by atoms with Crippen LogP contribution in [0.3, 0.4) is 0 Å². The fraction of sp³-hybridized carbons (Fsp3) is 0.300. The second-order valence-corrected chi connectivity index (χ2v) is 6.87. The Morgan fingerprint density at radius 2 is 1.85 bits per heavy atom. The Labute approximate surface area is 164 Å². The van der Waals surface area contributed by atoms with E-state index in [1.54, 1.807) is 24.0 Å². The van der Waals surface area contributed by atoms with Gasteiger partial charge in [-0.15, -0.1) is 0 Å². The van der Waals surface area contributed by atoms with Gasteiger partial charge in [-0.3, -0.25) is 9.59 Å². The Kier molecular flexibility index (Phi) is 6.69. The minimum atomic E-state index is -0.353. The van der Waals surface area contributed by atoms with Crippen LogP contribution in [0.4, 0.5) is 11.4 Å². The number of anilines is 2. The number of amides is 2. The maximum atomic E-state index is 12.6. The number of hydrogen-bond donors (Lipinski definition) is 2. The molecule has 3 N–H and O–H groups in total. The summed E-state index contributed by atoms with van der Waals surface area (Å²) in [5.41, 5.74) is 7.98. The van der Waals surface area contributed by atoms with E-state index >= 15 is 0 Å². The van der Waals surface area contributed by atoms with E-state index in [0.717, 1.165) is 5.56 Å². The van der Waals surface area contributed by atoms with Crippen molar-refractivity contribution in [1.29, 1.82) is 0 Å². The van der Waals surface area contributed by atoms with Gasteiger partial charge in [0.15, 0.2) is 0 Å². The molecule has 0 bridgehead atoms. The molecule has 0 heterocycles. The topological polar surface area (TPSA) is 84.7 Å². The maximum Gasteiger partial charge on any atom is 0.259 e. The summed E-state index contributed by atoms with van der Waals surface area (Å²) in [4.78, 5) is 26.0. The highest BCUT2D eigenvalue weighted by atomic mass is 35.5. The highest BCUT2D eigenvalue weighted by molar-refractivity contribution is 6.33. The van der Waals surface area contributed by atoms with Crippen LogP contribution in [0.2, 0.25) is 5.02 Å². The standard InChI is InChI=1S/C20H24ClN3O3/c1-12(2)24(13(3)25)11-14-5-7-15(8-6-14)23-20(26)16-9-17(21)18(22)10-19(16)27-4/h5-10,12H,11,22H2,1-4H3,(H,23,26). The number of carbonyl (C=O) groups excluding carboxylic acids is 2. The Bertz CT molecular complexity index is 835. The maximum absolute atomic E-state index is 12.6. The third kappa shape index (κ3) is 5.14. The van der Waals surface area contributed by atoms with Gasteiger partial charge in [0, 0.05) is 31.3 Å². The highest BCUT2D eigenvalue weighted by Crippen LogP contribution is 2.29. The van der Waals surface area contributed by atoms with Crippen LogP contribution < -0.4 is 15.8 Å². The van der Waals surface area contributed by atoms with Gasteiger partial charge in [0.05, 0.1) is 23.4 Å². The summed E-state index contributed by atoms with van der Waals surface area (Å²) in [6, 6.07) is 10.4. The molecule has 0 saturated heterocycles. The number of nitrogens with one attached hydrogen (secondary N) is 1. The number of nitrogen functional groups attached to an aromatic ring is 1. The van der Waals surface area contributed by atoms with Gasteiger partial charge >= 0.3 is 0 Å². The van der Waals surface area contributed by atoms with E-state index in [0.29, 0.717) is 29.2 Å². The number of methoxy groups -OCH3 is 1. The lowest BCUT2D eigenvalue weighted by molar-refractivity contribution is -0.131. The van der Waals surface area contributed by atoms with Crippen LogP contribution in [0.1, 0.15) is 36.7 Å². The zero-order chi connectivity index (χ0) is 20.1. The first-order valence-corrected chi connectivity index (χ1v) is 8.91. The van der Waals surface area contributed by atoms with Crippen molar-refractivity contribution in [2.45, 2.75) is 33.4 Å². The molecule has 6 nitrogen and oxygen atoms in total.